The molecule has 2 aromatic carbocycles. The lowest BCUT2D eigenvalue weighted by atomic mass is 10.1. The number of benzene rings is 2. The van der Waals surface area contributed by atoms with Crippen molar-refractivity contribution >= 4 is 17.8 Å². The second-order valence-corrected chi connectivity index (χ2v) is 5.81. The normalized spacial score (nSPS) is 11.8. The van der Waals surface area contributed by atoms with Crippen LogP contribution in [0.5, 0.6) is 11.5 Å². The summed E-state index contributed by atoms with van der Waals surface area (Å²) in [4.78, 5) is 12.4. The number of anilines is 1. The Morgan fingerprint density at radius 1 is 1.15 bits per heavy atom. The van der Waals surface area contributed by atoms with Crippen molar-refractivity contribution in [3.05, 3.63) is 53.6 Å². The average Bonchev–Trinajstić information content (AvgIpc) is 2.67. The molecule has 26 heavy (non-hydrogen) atoms. The predicted octanol–water partition coefficient (Wildman–Crippen LogP) is 3.35. The molecule has 6 heteroatoms. The fourth-order valence-corrected chi connectivity index (χ4v) is 2.37. The highest BCUT2D eigenvalue weighted by atomic mass is 16.5. The number of hydrazone groups is 1. The lowest BCUT2D eigenvalue weighted by Gasteiger charge is -2.16. The van der Waals surface area contributed by atoms with Crippen molar-refractivity contribution in [1.82, 2.24) is 5.43 Å². The first-order chi connectivity index (χ1) is 12.6. The molecule has 2 aromatic rings. The highest BCUT2D eigenvalue weighted by Gasteiger charge is 2.15. The quantitative estimate of drug-likeness (QED) is 0.563. The number of amides is 1. The van der Waals surface area contributed by atoms with E-state index in [0.29, 0.717) is 17.9 Å². The number of ether oxygens (including phenoxy) is 2. The van der Waals surface area contributed by atoms with Crippen molar-refractivity contribution < 1.29 is 14.3 Å². The predicted molar refractivity (Wildman–Crippen MR) is 104 cm³/mol. The third-order valence-corrected chi connectivity index (χ3v) is 3.94. The van der Waals surface area contributed by atoms with Gasteiger partial charge in [-0.3, -0.25) is 4.79 Å². The third kappa shape index (κ3) is 5.24. The molecule has 0 saturated carbocycles. The van der Waals surface area contributed by atoms with Crippen molar-refractivity contribution in [2.45, 2.75) is 26.3 Å². The summed E-state index contributed by atoms with van der Waals surface area (Å²) in [7, 11) is 3.16. The molecular formula is C20H25N3O3. The Kier molecular flexibility index (Phi) is 7.02. The van der Waals surface area contributed by atoms with Gasteiger partial charge < -0.3 is 14.8 Å². The first-order valence-electron chi connectivity index (χ1n) is 8.45. The van der Waals surface area contributed by atoms with E-state index >= 15 is 0 Å². The Balaban J connectivity index is 1.99. The maximum atomic E-state index is 12.4. The van der Waals surface area contributed by atoms with Crippen LogP contribution in [0.4, 0.5) is 5.69 Å². The van der Waals surface area contributed by atoms with E-state index in [2.05, 4.69) is 15.8 Å². The summed E-state index contributed by atoms with van der Waals surface area (Å²) in [5.74, 6) is 1.11. The highest BCUT2D eigenvalue weighted by Crippen LogP contribution is 2.23. The summed E-state index contributed by atoms with van der Waals surface area (Å²) < 4.78 is 10.5. The van der Waals surface area contributed by atoms with E-state index in [-0.39, 0.29) is 11.9 Å². The van der Waals surface area contributed by atoms with Crippen LogP contribution in [0.25, 0.3) is 0 Å². The van der Waals surface area contributed by atoms with Gasteiger partial charge in [0.25, 0.3) is 5.91 Å². The number of hydrogen-bond acceptors (Lipinski definition) is 5. The van der Waals surface area contributed by atoms with Crippen LogP contribution in [0.1, 0.15) is 24.5 Å². The standard InChI is InChI=1S/C20H25N3O3/c1-5-18(22-16-9-6-14(2)7-10-16)20(24)23-21-13-15-8-11-17(25-3)12-19(15)26-4/h6-13,18,22H,5H2,1-4H3,(H,23,24)/b21-13-/t18-/m1/s1. The minimum Gasteiger partial charge on any atom is -0.497 e. The van der Waals surface area contributed by atoms with Gasteiger partial charge in [0.15, 0.2) is 0 Å². The first-order valence-corrected chi connectivity index (χ1v) is 8.45. The smallest absolute Gasteiger partial charge is 0.262 e. The molecule has 0 fully saturated rings. The molecule has 0 aliphatic heterocycles. The molecule has 0 unspecified atom stereocenters. The monoisotopic (exact) mass is 355 g/mol. The molecule has 0 aliphatic rings. The minimum atomic E-state index is -0.368. The van der Waals surface area contributed by atoms with Crippen LogP contribution in [0, 0.1) is 6.92 Å². The highest BCUT2D eigenvalue weighted by molar-refractivity contribution is 5.88. The fraction of sp³-hybridized carbons (Fsp3) is 0.300. The van der Waals surface area contributed by atoms with E-state index in [9.17, 15) is 4.79 Å². The second-order valence-electron chi connectivity index (χ2n) is 5.81. The summed E-state index contributed by atoms with van der Waals surface area (Å²) in [5, 5.41) is 7.26. The van der Waals surface area contributed by atoms with Gasteiger partial charge in [-0.1, -0.05) is 24.6 Å². The van der Waals surface area contributed by atoms with Crippen molar-refractivity contribution in [3.63, 3.8) is 0 Å². The van der Waals surface area contributed by atoms with Gasteiger partial charge >= 0.3 is 0 Å². The van der Waals surface area contributed by atoms with Crippen LogP contribution in [0.3, 0.4) is 0 Å². The van der Waals surface area contributed by atoms with Gasteiger partial charge in [-0.05, 0) is 37.6 Å². The molecule has 0 radical (unpaired) electrons. The lowest BCUT2D eigenvalue weighted by Crippen LogP contribution is -2.36. The molecule has 2 N–H and O–H groups in total. The average molecular weight is 355 g/mol. The number of rotatable bonds is 8. The Morgan fingerprint density at radius 3 is 2.50 bits per heavy atom. The summed E-state index contributed by atoms with van der Waals surface area (Å²) >= 11 is 0. The maximum Gasteiger partial charge on any atom is 0.262 e. The largest absolute Gasteiger partial charge is 0.497 e. The molecule has 1 amide bonds. The van der Waals surface area contributed by atoms with Gasteiger partial charge in [0.2, 0.25) is 0 Å². The molecular weight excluding hydrogens is 330 g/mol. The molecule has 1 atom stereocenters. The summed E-state index contributed by atoms with van der Waals surface area (Å²) in [6.07, 6.45) is 2.19. The fourth-order valence-electron chi connectivity index (χ4n) is 2.37. The summed E-state index contributed by atoms with van der Waals surface area (Å²) in [5.41, 5.74) is 5.39. The topological polar surface area (TPSA) is 72.0 Å². The van der Waals surface area contributed by atoms with Crippen LogP contribution < -0.4 is 20.2 Å². The number of carbonyl (C=O) groups excluding carboxylic acids is 1. The minimum absolute atomic E-state index is 0.197. The van der Waals surface area contributed by atoms with Crippen molar-refractivity contribution in [1.29, 1.82) is 0 Å². The Morgan fingerprint density at radius 2 is 1.88 bits per heavy atom. The molecule has 2 rings (SSSR count). The summed E-state index contributed by atoms with van der Waals surface area (Å²) in [6.45, 7) is 3.97. The van der Waals surface area contributed by atoms with Crippen LogP contribution in [-0.4, -0.2) is 32.4 Å². The number of nitrogens with one attached hydrogen (secondary N) is 2. The Bertz CT molecular complexity index is 757. The molecule has 0 aromatic heterocycles. The number of methoxy groups -OCH3 is 2. The zero-order valence-corrected chi connectivity index (χ0v) is 15.6. The number of aryl methyl sites for hydroxylation is 1. The first kappa shape index (κ1) is 19.3. The van der Waals surface area contributed by atoms with Gasteiger partial charge in [0, 0.05) is 17.3 Å². The Labute approximate surface area is 154 Å². The van der Waals surface area contributed by atoms with E-state index in [1.54, 1.807) is 32.6 Å². The molecule has 0 saturated heterocycles. The molecule has 0 aliphatic carbocycles. The molecule has 0 bridgehead atoms. The van der Waals surface area contributed by atoms with Gasteiger partial charge in [0.1, 0.15) is 17.5 Å². The second kappa shape index (κ2) is 9.46. The lowest BCUT2D eigenvalue weighted by molar-refractivity contribution is -0.121. The third-order valence-electron chi connectivity index (χ3n) is 3.94. The van der Waals surface area contributed by atoms with Gasteiger partial charge in [0.05, 0.1) is 20.4 Å². The molecule has 0 heterocycles. The Hall–Kier alpha value is -3.02. The SMILES string of the molecule is CC[C@@H](Nc1ccc(C)cc1)C(=O)N/N=C\c1ccc(OC)cc1OC. The number of carbonyl (C=O) groups is 1. The van der Waals surface area contributed by atoms with Crippen molar-refractivity contribution in [2.24, 2.45) is 5.10 Å². The van der Waals surface area contributed by atoms with E-state index in [0.717, 1.165) is 11.3 Å². The summed E-state index contributed by atoms with van der Waals surface area (Å²) in [6, 6.07) is 12.9. The zero-order chi connectivity index (χ0) is 18.9. The van der Waals surface area contributed by atoms with Gasteiger partial charge in [-0.25, -0.2) is 5.43 Å². The van der Waals surface area contributed by atoms with Crippen LogP contribution >= 0.6 is 0 Å². The molecule has 138 valence electrons. The van der Waals surface area contributed by atoms with E-state index in [4.69, 9.17) is 9.47 Å². The van der Waals surface area contributed by atoms with Crippen LogP contribution in [0.15, 0.2) is 47.6 Å². The number of hydrogen-bond donors (Lipinski definition) is 2. The van der Waals surface area contributed by atoms with E-state index in [1.807, 2.05) is 44.2 Å². The number of nitrogens with zero attached hydrogens (tertiary/aromatic N) is 1. The maximum absolute atomic E-state index is 12.4. The van der Waals surface area contributed by atoms with Crippen LogP contribution in [0.2, 0.25) is 0 Å². The van der Waals surface area contributed by atoms with Crippen LogP contribution in [-0.2, 0) is 4.79 Å². The molecule has 0 spiro atoms. The van der Waals surface area contributed by atoms with Crippen molar-refractivity contribution in [2.75, 3.05) is 19.5 Å². The van der Waals surface area contributed by atoms with Gasteiger partial charge in [-0.2, -0.15) is 5.10 Å². The zero-order valence-electron chi connectivity index (χ0n) is 15.6. The van der Waals surface area contributed by atoms with E-state index in [1.165, 1.54) is 5.56 Å². The van der Waals surface area contributed by atoms with Crippen molar-refractivity contribution in [3.8, 4) is 11.5 Å². The molecule has 6 nitrogen and oxygen atoms in total. The van der Waals surface area contributed by atoms with E-state index < -0.39 is 0 Å². The van der Waals surface area contributed by atoms with Gasteiger partial charge in [-0.15, -0.1) is 0 Å².